The van der Waals surface area contributed by atoms with E-state index in [0.29, 0.717) is 25.9 Å². The lowest BCUT2D eigenvalue weighted by atomic mass is 10.1. The van der Waals surface area contributed by atoms with E-state index in [9.17, 15) is 9.59 Å². The highest BCUT2D eigenvalue weighted by Crippen LogP contribution is 2.17. The van der Waals surface area contributed by atoms with Crippen LogP contribution in [-0.2, 0) is 23.1 Å². The van der Waals surface area contributed by atoms with Crippen molar-refractivity contribution in [3.05, 3.63) is 18.0 Å². The lowest BCUT2D eigenvalue weighted by molar-refractivity contribution is -0.141. The molecule has 1 amide bonds. The van der Waals surface area contributed by atoms with Crippen molar-refractivity contribution in [1.82, 2.24) is 14.7 Å². The van der Waals surface area contributed by atoms with Crippen LogP contribution in [0.1, 0.15) is 12.0 Å². The summed E-state index contributed by atoms with van der Waals surface area (Å²) in [5.41, 5.74) is 0.858. The molecule has 0 spiro atoms. The van der Waals surface area contributed by atoms with E-state index in [1.165, 1.54) is 0 Å². The average molecular weight is 237 g/mol. The largest absolute Gasteiger partial charge is 0.481 e. The molecule has 2 rings (SSSR count). The van der Waals surface area contributed by atoms with Crippen molar-refractivity contribution >= 4 is 11.9 Å². The first kappa shape index (κ1) is 11.6. The monoisotopic (exact) mass is 237 g/mol. The molecule has 6 nitrogen and oxygen atoms in total. The first-order chi connectivity index (χ1) is 8.06. The van der Waals surface area contributed by atoms with Gasteiger partial charge < -0.3 is 10.0 Å². The zero-order valence-corrected chi connectivity index (χ0v) is 9.67. The number of carboxylic acids is 1. The number of aryl methyl sites for hydroxylation is 1. The van der Waals surface area contributed by atoms with Crippen LogP contribution < -0.4 is 0 Å². The highest BCUT2D eigenvalue weighted by Gasteiger charge is 2.30. The van der Waals surface area contributed by atoms with Crippen LogP contribution in [-0.4, -0.2) is 44.8 Å². The Bertz CT molecular complexity index is 441. The summed E-state index contributed by atoms with van der Waals surface area (Å²) in [4.78, 5) is 24.3. The Morgan fingerprint density at radius 3 is 2.88 bits per heavy atom. The van der Waals surface area contributed by atoms with Gasteiger partial charge in [-0.25, -0.2) is 0 Å². The molecule has 1 aromatic rings. The van der Waals surface area contributed by atoms with Crippen LogP contribution in [0.15, 0.2) is 12.4 Å². The summed E-state index contributed by atoms with van der Waals surface area (Å²) >= 11 is 0. The van der Waals surface area contributed by atoms with Crippen molar-refractivity contribution in [3.63, 3.8) is 0 Å². The Hall–Kier alpha value is -1.85. The fourth-order valence-electron chi connectivity index (χ4n) is 2.04. The lowest BCUT2D eigenvalue weighted by Gasteiger charge is -2.14. The maximum absolute atomic E-state index is 11.9. The summed E-state index contributed by atoms with van der Waals surface area (Å²) in [5.74, 6) is -1.25. The van der Waals surface area contributed by atoms with Gasteiger partial charge in [0.15, 0.2) is 0 Å². The van der Waals surface area contributed by atoms with Crippen LogP contribution in [0.5, 0.6) is 0 Å². The number of amides is 1. The smallest absolute Gasteiger partial charge is 0.308 e. The standard InChI is InChI=1S/C11H15N3O3/c1-13-6-8(5-12-13)4-10(15)14-3-2-9(7-14)11(16)17/h5-6,9H,2-4,7H2,1H3,(H,16,17). The third-order valence-electron chi connectivity index (χ3n) is 3.00. The number of rotatable bonds is 3. The molecule has 1 saturated heterocycles. The summed E-state index contributed by atoms with van der Waals surface area (Å²) < 4.78 is 1.65. The second-order valence-corrected chi connectivity index (χ2v) is 4.36. The van der Waals surface area contributed by atoms with Crippen molar-refractivity contribution in [2.75, 3.05) is 13.1 Å². The van der Waals surface area contributed by atoms with Crippen molar-refractivity contribution in [3.8, 4) is 0 Å². The maximum Gasteiger partial charge on any atom is 0.308 e. The number of hydrogen-bond donors (Lipinski definition) is 1. The van der Waals surface area contributed by atoms with Gasteiger partial charge in [0.25, 0.3) is 0 Å². The van der Waals surface area contributed by atoms with Gasteiger partial charge in [-0.1, -0.05) is 0 Å². The summed E-state index contributed by atoms with van der Waals surface area (Å²) in [6, 6.07) is 0. The molecule has 0 radical (unpaired) electrons. The van der Waals surface area contributed by atoms with Gasteiger partial charge in [0.05, 0.1) is 18.5 Å². The number of likely N-dealkylation sites (tertiary alicyclic amines) is 1. The van der Waals surface area contributed by atoms with Crippen LogP contribution in [0, 0.1) is 5.92 Å². The van der Waals surface area contributed by atoms with Crippen molar-refractivity contribution < 1.29 is 14.7 Å². The van der Waals surface area contributed by atoms with Crippen LogP contribution >= 0.6 is 0 Å². The average Bonchev–Trinajstić information content (AvgIpc) is 2.86. The second-order valence-electron chi connectivity index (χ2n) is 4.36. The van der Waals surface area contributed by atoms with Crippen LogP contribution in [0.3, 0.4) is 0 Å². The van der Waals surface area contributed by atoms with Gasteiger partial charge in [0, 0.05) is 26.3 Å². The third kappa shape index (κ3) is 2.64. The van der Waals surface area contributed by atoms with E-state index < -0.39 is 11.9 Å². The molecule has 0 saturated carbocycles. The van der Waals surface area contributed by atoms with E-state index in [-0.39, 0.29) is 5.91 Å². The zero-order chi connectivity index (χ0) is 12.4. The minimum atomic E-state index is -0.818. The Balaban J connectivity index is 1.91. The number of aliphatic carboxylic acids is 1. The molecule has 1 aliphatic heterocycles. The van der Waals surface area contributed by atoms with E-state index in [1.807, 2.05) is 0 Å². The molecule has 1 atom stereocenters. The van der Waals surface area contributed by atoms with E-state index >= 15 is 0 Å². The molecule has 0 aromatic carbocycles. The topological polar surface area (TPSA) is 75.4 Å². The first-order valence-corrected chi connectivity index (χ1v) is 5.54. The first-order valence-electron chi connectivity index (χ1n) is 5.54. The highest BCUT2D eigenvalue weighted by molar-refractivity contribution is 5.80. The molecule has 0 aliphatic carbocycles. The molecule has 92 valence electrons. The molecule has 1 fully saturated rings. The predicted molar refractivity (Wildman–Crippen MR) is 59.2 cm³/mol. The summed E-state index contributed by atoms with van der Waals surface area (Å²) in [5, 5.41) is 12.8. The van der Waals surface area contributed by atoms with E-state index in [4.69, 9.17) is 5.11 Å². The predicted octanol–water partition coefficient (Wildman–Crippen LogP) is -0.104. The number of carbonyl (C=O) groups is 2. The van der Waals surface area contributed by atoms with Gasteiger partial charge in [-0.05, 0) is 12.0 Å². The summed E-state index contributed by atoms with van der Waals surface area (Å²) in [6.07, 6.45) is 4.29. The quantitative estimate of drug-likeness (QED) is 0.796. The normalized spacial score (nSPS) is 19.6. The molecule has 6 heteroatoms. The van der Waals surface area contributed by atoms with Crippen molar-refractivity contribution in [1.29, 1.82) is 0 Å². The number of carboxylic acid groups (broad SMARTS) is 1. The number of carbonyl (C=O) groups excluding carboxylic acids is 1. The van der Waals surface area contributed by atoms with Gasteiger partial charge in [0.2, 0.25) is 5.91 Å². The Kier molecular flexibility index (Phi) is 3.12. The zero-order valence-electron chi connectivity index (χ0n) is 9.67. The van der Waals surface area contributed by atoms with Gasteiger partial charge >= 0.3 is 5.97 Å². The van der Waals surface area contributed by atoms with Gasteiger partial charge in [-0.15, -0.1) is 0 Å². The molecule has 1 unspecified atom stereocenters. The van der Waals surface area contributed by atoms with E-state index in [2.05, 4.69) is 5.10 Å². The molecule has 1 aliphatic rings. The number of hydrogen-bond acceptors (Lipinski definition) is 3. The SMILES string of the molecule is Cn1cc(CC(=O)N2CCC(C(=O)O)C2)cn1. The van der Waals surface area contributed by atoms with Crippen LogP contribution in [0.4, 0.5) is 0 Å². The molecule has 1 N–H and O–H groups in total. The molecular formula is C11H15N3O3. The Labute approximate surface area is 98.8 Å². The van der Waals surface area contributed by atoms with Gasteiger partial charge in [-0.2, -0.15) is 5.10 Å². The number of nitrogens with zero attached hydrogens (tertiary/aromatic N) is 3. The van der Waals surface area contributed by atoms with Gasteiger partial charge in [-0.3, -0.25) is 14.3 Å². The molecule has 2 heterocycles. The van der Waals surface area contributed by atoms with Crippen molar-refractivity contribution in [2.24, 2.45) is 13.0 Å². The fraction of sp³-hybridized carbons (Fsp3) is 0.545. The second kappa shape index (κ2) is 4.57. The van der Waals surface area contributed by atoms with E-state index in [0.717, 1.165) is 5.56 Å². The number of aromatic nitrogens is 2. The Morgan fingerprint density at radius 2 is 2.35 bits per heavy atom. The van der Waals surface area contributed by atoms with Crippen molar-refractivity contribution in [2.45, 2.75) is 12.8 Å². The molecular weight excluding hydrogens is 222 g/mol. The summed E-state index contributed by atoms with van der Waals surface area (Å²) in [6.45, 7) is 0.866. The Morgan fingerprint density at radius 1 is 1.59 bits per heavy atom. The van der Waals surface area contributed by atoms with E-state index in [1.54, 1.807) is 29.0 Å². The fourth-order valence-corrected chi connectivity index (χ4v) is 2.04. The van der Waals surface area contributed by atoms with Crippen LogP contribution in [0.25, 0.3) is 0 Å². The maximum atomic E-state index is 11.9. The van der Waals surface area contributed by atoms with Crippen LogP contribution in [0.2, 0.25) is 0 Å². The summed E-state index contributed by atoms with van der Waals surface area (Å²) in [7, 11) is 1.80. The molecule has 0 bridgehead atoms. The minimum absolute atomic E-state index is 0.0262. The molecule has 17 heavy (non-hydrogen) atoms. The third-order valence-corrected chi connectivity index (χ3v) is 3.00. The minimum Gasteiger partial charge on any atom is -0.481 e. The lowest BCUT2D eigenvalue weighted by Crippen LogP contribution is -2.31. The van der Waals surface area contributed by atoms with Gasteiger partial charge in [0.1, 0.15) is 0 Å². The highest BCUT2D eigenvalue weighted by atomic mass is 16.4. The molecule has 1 aromatic heterocycles.